The number of likely N-dealkylation sites (tertiary alicyclic amines) is 1. The highest BCUT2D eigenvalue weighted by atomic mass is 32.1. The third-order valence-electron chi connectivity index (χ3n) is 3.72. The van der Waals surface area contributed by atoms with Crippen molar-refractivity contribution in [1.82, 2.24) is 19.7 Å². The van der Waals surface area contributed by atoms with Crippen LogP contribution in [0.3, 0.4) is 0 Å². The molecule has 1 unspecified atom stereocenters. The fraction of sp³-hybridized carbons (Fsp3) is 0.429. The number of aromatic nitrogens is 3. The maximum absolute atomic E-state index is 12.6. The molecule has 22 heavy (non-hydrogen) atoms. The van der Waals surface area contributed by atoms with Crippen molar-refractivity contribution in [2.45, 2.75) is 25.3 Å². The van der Waals surface area contributed by atoms with Crippen LogP contribution in [0.15, 0.2) is 17.8 Å². The summed E-state index contributed by atoms with van der Waals surface area (Å²) in [6, 6.07) is -0.746. The summed E-state index contributed by atoms with van der Waals surface area (Å²) in [6.45, 7) is 0.468. The van der Waals surface area contributed by atoms with Gasteiger partial charge in [-0.15, -0.1) is 11.3 Å². The quantitative estimate of drug-likeness (QED) is 0.928. The van der Waals surface area contributed by atoms with Gasteiger partial charge in [0.05, 0.1) is 6.20 Å². The number of carboxylic acids is 1. The summed E-state index contributed by atoms with van der Waals surface area (Å²) in [7, 11) is 1.81. The molecule has 3 heterocycles. The van der Waals surface area contributed by atoms with E-state index in [1.165, 1.54) is 16.2 Å². The summed E-state index contributed by atoms with van der Waals surface area (Å²) in [5.41, 5.74) is 1.15. The maximum Gasteiger partial charge on any atom is 0.326 e. The van der Waals surface area contributed by atoms with Crippen LogP contribution in [0.2, 0.25) is 0 Å². The average molecular weight is 320 g/mol. The smallest absolute Gasteiger partial charge is 0.326 e. The van der Waals surface area contributed by atoms with Crippen molar-refractivity contribution in [3.8, 4) is 10.6 Å². The number of amides is 1. The molecule has 2 aromatic heterocycles. The number of carbonyl (C=O) groups is 2. The highest BCUT2D eigenvalue weighted by Gasteiger charge is 2.33. The van der Waals surface area contributed by atoms with Crippen molar-refractivity contribution in [3.05, 3.63) is 23.5 Å². The Kier molecular flexibility index (Phi) is 3.93. The Morgan fingerprint density at radius 2 is 2.23 bits per heavy atom. The normalized spacial score (nSPS) is 18.4. The van der Waals surface area contributed by atoms with Crippen LogP contribution < -0.4 is 0 Å². The summed E-state index contributed by atoms with van der Waals surface area (Å²) >= 11 is 1.36. The van der Waals surface area contributed by atoms with E-state index in [0.717, 1.165) is 18.4 Å². The van der Waals surface area contributed by atoms with Gasteiger partial charge in [-0.25, -0.2) is 9.78 Å². The van der Waals surface area contributed by atoms with Gasteiger partial charge in [0.15, 0.2) is 0 Å². The van der Waals surface area contributed by atoms with Crippen LogP contribution in [0, 0.1) is 0 Å². The van der Waals surface area contributed by atoms with Crippen LogP contribution in [0.4, 0.5) is 0 Å². The minimum Gasteiger partial charge on any atom is -0.480 e. The molecule has 1 N–H and O–H groups in total. The topological polar surface area (TPSA) is 88.3 Å². The molecule has 1 atom stereocenters. The number of thiazole rings is 1. The molecule has 116 valence electrons. The number of nitrogens with zero attached hydrogens (tertiary/aromatic N) is 4. The summed E-state index contributed by atoms with van der Waals surface area (Å²) in [6.07, 6.45) is 5.68. The lowest BCUT2D eigenvalue weighted by Gasteiger charge is -2.32. The Labute approximate surface area is 131 Å². The number of piperidine rings is 1. The molecular formula is C14H16N4O3S. The number of rotatable bonds is 3. The first-order valence-electron chi connectivity index (χ1n) is 7.04. The SMILES string of the molecule is Cn1cc(-c2nc(C(=O)N3CCCCC3C(=O)O)cs2)cn1. The standard InChI is InChI=1S/C14H16N4O3S/c1-17-7-9(6-15-17)12-16-10(8-22-12)13(19)18-5-3-2-4-11(18)14(20)21/h6-8,11H,2-5H2,1H3,(H,20,21). The van der Waals surface area contributed by atoms with Gasteiger partial charge in [0.1, 0.15) is 16.7 Å². The van der Waals surface area contributed by atoms with Gasteiger partial charge < -0.3 is 10.0 Å². The molecule has 0 aliphatic carbocycles. The Balaban J connectivity index is 1.83. The summed E-state index contributed by atoms with van der Waals surface area (Å²) in [5.74, 6) is -1.26. The van der Waals surface area contributed by atoms with E-state index >= 15 is 0 Å². The van der Waals surface area contributed by atoms with Crippen LogP contribution in [-0.4, -0.2) is 49.2 Å². The maximum atomic E-state index is 12.6. The van der Waals surface area contributed by atoms with Crippen molar-refractivity contribution < 1.29 is 14.7 Å². The first-order valence-corrected chi connectivity index (χ1v) is 7.92. The van der Waals surface area contributed by atoms with Gasteiger partial charge in [-0.2, -0.15) is 5.10 Å². The molecule has 0 aromatic carbocycles. The van der Waals surface area contributed by atoms with Crippen molar-refractivity contribution in [1.29, 1.82) is 0 Å². The number of carbonyl (C=O) groups excluding carboxylic acids is 1. The zero-order valence-electron chi connectivity index (χ0n) is 12.1. The number of aliphatic carboxylic acids is 1. The molecule has 1 amide bonds. The fourth-order valence-corrected chi connectivity index (χ4v) is 3.38. The first-order chi connectivity index (χ1) is 10.6. The highest BCUT2D eigenvalue weighted by Crippen LogP contribution is 2.25. The van der Waals surface area contributed by atoms with Gasteiger partial charge in [0.2, 0.25) is 0 Å². The van der Waals surface area contributed by atoms with E-state index < -0.39 is 12.0 Å². The lowest BCUT2D eigenvalue weighted by Crippen LogP contribution is -2.48. The van der Waals surface area contributed by atoms with Gasteiger partial charge in [-0.3, -0.25) is 9.48 Å². The summed E-state index contributed by atoms with van der Waals surface area (Å²) in [5, 5.41) is 15.7. The van der Waals surface area contributed by atoms with Crippen molar-refractivity contribution in [3.63, 3.8) is 0 Å². The predicted octanol–water partition coefficient (Wildman–Crippen LogP) is 1.62. The minimum absolute atomic E-state index is 0.303. The summed E-state index contributed by atoms with van der Waals surface area (Å²) in [4.78, 5) is 29.6. The summed E-state index contributed by atoms with van der Waals surface area (Å²) < 4.78 is 1.67. The van der Waals surface area contributed by atoms with E-state index in [2.05, 4.69) is 10.1 Å². The molecule has 1 saturated heterocycles. The Morgan fingerprint density at radius 3 is 2.91 bits per heavy atom. The molecular weight excluding hydrogens is 304 g/mol. The second kappa shape index (κ2) is 5.88. The lowest BCUT2D eigenvalue weighted by atomic mass is 10.0. The molecule has 1 aliphatic heterocycles. The molecule has 1 aliphatic rings. The first kappa shape index (κ1) is 14.7. The van der Waals surface area contributed by atoms with E-state index in [4.69, 9.17) is 0 Å². The monoisotopic (exact) mass is 320 g/mol. The molecule has 7 nitrogen and oxygen atoms in total. The molecule has 1 fully saturated rings. The molecule has 0 bridgehead atoms. The van der Waals surface area contributed by atoms with Gasteiger partial charge in [-0.1, -0.05) is 0 Å². The number of hydrogen-bond acceptors (Lipinski definition) is 5. The van der Waals surface area contributed by atoms with E-state index in [9.17, 15) is 14.7 Å². The molecule has 0 radical (unpaired) electrons. The van der Waals surface area contributed by atoms with E-state index in [0.29, 0.717) is 23.7 Å². The van der Waals surface area contributed by atoms with E-state index in [1.54, 1.807) is 16.3 Å². The van der Waals surface area contributed by atoms with Crippen LogP contribution in [0.5, 0.6) is 0 Å². The van der Waals surface area contributed by atoms with E-state index in [-0.39, 0.29) is 5.91 Å². The second-order valence-corrected chi connectivity index (χ2v) is 6.15. The zero-order valence-corrected chi connectivity index (χ0v) is 12.9. The molecule has 8 heteroatoms. The predicted molar refractivity (Wildman–Crippen MR) is 80.6 cm³/mol. The van der Waals surface area contributed by atoms with Crippen molar-refractivity contribution >= 4 is 23.2 Å². The van der Waals surface area contributed by atoms with Crippen LogP contribution >= 0.6 is 11.3 Å². The number of aryl methyl sites for hydroxylation is 1. The zero-order chi connectivity index (χ0) is 15.7. The largest absolute Gasteiger partial charge is 0.480 e. The van der Waals surface area contributed by atoms with Crippen LogP contribution in [-0.2, 0) is 11.8 Å². The van der Waals surface area contributed by atoms with Crippen molar-refractivity contribution in [2.24, 2.45) is 7.05 Å². The second-order valence-electron chi connectivity index (χ2n) is 5.29. The van der Waals surface area contributed by atoms with Gasteiger partial charge in [-0.05, 0) is 19.3 Å². The Bertz CT molecular complexity index is 709. The highest BCUT2D eigenvalue weighted by molar-refractivity contribution is 7.13. The van der Waals surface area contributed by atoms with Gasteiger partial charge in [0.25, 0.3) is 5.91 Å². The van der Waals surface area contributed by atoms with E-state index in [1.807, 2.05) is 13.2 Å². The van der Waals surface area contributed by atoms with Gasteiger partial charge in [0, 0.05) is 30.7 Å². The molecule has 0 saturated carbocycles. The lowest BCUT2D eigenvalue weighted by molar-refractivity contribution is -0.143. The molecule has 2 aromatic rings. The van der Waals surface area contributed by atoms with Crippen molar-refractivity contribution in [2.75, 3.05) is 6.54 Å². The Hall–Kier alpha value is -2.22. The average Bonchev–Trinajstić information content (AvgIpc) is 3.15. The Morgan fingerprint density at radius 1 is 1.41 bits per heavy atom. The van der Waals surface area contributed by atoms with Gasteiger partial charge >= 0.3 is 5.97 Å². The number of carboxylic acid groups (broad SMARTS) is 1. The third kappa shape index (κ3) is 2.74. The number of hydrogen-bond donors (Lipinski definition) is 1. The minimum atomic E-state index is -0.948. The fourth-order valence-electron chi connectivity index (χ4n) is 2.61. The molecule has 0 spiro atoms. The van der Waals surface area contributed by atoms with Crippen LogP contribution in [0.25, 0.3) is 10.6 Å². The third-order valence-corrected chi connectivity index (χ3v) is 4.62. The molecule has 3 rings (SSSR count). The van der Waals surface area contributed by atoms with Crippen LogP contribution in [0.1, 0.15) is 29.8 Å².